The summed E-state index contributed by atoms with van der Waals surface area (Å²) in [4.78, 5) is 8.84. The number of nitrogen functional groups attached to an aromatic ring is 1. The molecule has 2 aromatic rings. The smallest absolute Gasteiger partial charge is 0.0787 e. The minimum Gasteiger partial charge on any atom is -0.397 e. The highest BCUT2D eigenvalue weighted by Gasteiger charge is 2.18. The molecule has 1 aliphatic rings. The summed E-state index contributed by atoms with van der Waals surface area (Å²) in [5, 5.41) is 0. The number of anilines is 3. The number of pyridine rings is 1. The van der Waals surface area contributed by atoms with E-state index >= 15 is 0 Å². The Morgan fingerprint density at radius 2 is 1.68 bits per heavy atom. The van der Waals surface area contributed by atoms with Gasteiger partial charge in [0.05, 0.1) is 17.6 Å². The fraction of sp³-hybridized carbons (Fsp3) is 0.267. The van der Waals surface area contributed by atoms with Gasteiger partial charge in [-0.1, -0.05) is 12.1 Å². The molecule has 0 unspecified atom stereocenters. The van der Waals surface area contributed by atoms with Gasteiger partial charge in [-0.3, -0.25) is 4.98 Å². The van der Waals surface area contributed by atoms with E-state index in [0.717, 1.165) is 37.6 Å². The number of hydrogen-bond acceptors (Lipinski definition) is 4. The standard InChI is InChI=1S/C15H17N4/c16-14-6-7-17-12-15(14)19-10-8-18(9-11-19)13-4-2-1-3-5-13/h2-7,12H,8-11H2,(H2,16,17). The molecule has 1 aromatic carbocycles. The van der Waals surface area contributed by atoms with Crippen LogP contribution in [0.3, 0.4) is 0 Å². The van der Waals surface area contributed by atoms with Crippen molar-refractivity contribution in [3.8, 4) is 0 Å². The Kier molecular flexibility index (Phi) is 3.23. The molecule has 0 amide bonds. The largest absolute Gasteiger partial charge is 0.397 e. The van der Waals surface area contributed by atoms with Crippen LogP contribution in [-0.2, 0) is 0 Å². The van der Waals surface area contributed by atoms with Crippen LogP contribution in [0.4, 0.5) is 17.1 Å². The van der Waals surface area contributed by atoms with Gasteiger partial charge in [0.2, 0.25) is 0 Å². The molecule has 4 heteroatoms. The first-order valence-corrected chi connectivity index (χ1v) is 6.50. The van der Waals surface area contributed by atoms with Gasteiger partial charge in [0, 0.05) is 38.1 Å². The predicted octanol–water partition coefficient (Wildman–Crippen LogP) is 1.79. The van der Waals surface area contributed by atoms with E-state index in [-0.39, 0.29) is 0 Å². The van der Waals surface area contributed by atoms with Crippen LogP contribution in [0.2, 0.25) is 0 Å². The van der Waals surface area contributed by atoms with Crippen LogP contribution in [0.1, 0.15) is 0 Å². The molecule has 2 N–H and O–H groups in total. The SMILES string of the molecule is Nc1ccncc1N1CCN(c2cc[c]cc2)CC1. The molecule has 4 nitrogen and oxygen atoms in total. The molecule has 0 bridgehead atoms. The average Bonchev–Trinajstić information content (AvgIpc) is 2.49. The zero-order chi connectivity index (χ0) is 13.1. The number of rotatable bonds is 2. The minimum atomic E-state index is 0.803. The van der Waals surface area contributed by atoms with Crippen molar-refractivity contribution in [1.29, 1.82) is 0 Å². The lowest BCUT2D eigenvalue weighted by Gasteiger charge is -2.37. The minimum absolute atomic E-state index is 0.803. The Bertz CT molecular complexity index is 533. The van der Waals surface area contributed by atoms with E-state index in [2.05, 4.69) is 33.0 Å². The topological polar surface area (TPSA) is 45.4 Å². The Balaban J connectivity index is 1.69. The van der Waals surface area contributed by atoms with Gasteiger partial charge in [0.1, 0.15) is 0 Å². The highest BCUT2D eigenvalue weighted by molar-refractivity contribution is 5.66. The maximum absolute atomic E-state index is 6.00. The zero-order valence-corrected chi connectivity index (χ0v) is 10.8. The molecule has 1 fully saturated rings. The summed E-state index contributed by atoms with van der Waals surface area (Å²) < 4.78 is 0. The van der Waals surface area contributed by atoms with Gasteiger partial charge < -0.3 is 15.5 Å². The van der Waals surface area contributed by atoms with Crippen molar-refractivity contribution in [1.82, 2.24) is 4.98 Å². The van der Waals surface area contributed by atoms with Crippen LogP contribution in [0, 0.1) is 6.07 Å². The molecule has 1 aliphatic heterocycles. The van der Waals surface area contributed by atoms with Crippen LogP contribution < -0.4 is 15.5 Å². The predicted molar refractivity (Wildman–Crippen MR) is 78.4 cm³/mol. The van der Waals surface area contributed by atoms with E-state index in [9.17, 15) is 0 Å². The first-order chi connectivity index (χ1) is 9.34. The summed E-state index contributed by atoms with van der Waals surface area (Å²) >= 11 is 0. The fourth-order valence-electron chi connectivity index (χ4n) is 2.46. The van der Waals surface area contributed by atoms with Crippen molar-refractivity contribution < 1.29 is 0 Å². The lowest BCUT2D eigenvalue weighted by atomic mass is 10.2. The van der Waals surface area contributed by atoms with Crippen LogP contribution in [0.5, 0.6) is 0 Å². The van der Waals surface area contributed by atoms with Gasteiger partial charge in [-0.05, 0) is 24.3 Å². The Morgan fingerprint density at radius 3 is 2.37 bits per heavy atom. The molecular weight excluding hydrogens is 236 g/mol. The van der Waals surface area contributed by atoms with Gasteiger partial charge in [-0.2, -0.15) is 0 Å². The number of piperazine rings is 1. The summed E-state index contributed by atoms with van der Waals surface area (Å²) in [5.74, 6) is 0. The van der Waals surface area contributed by atoms with Gasteiger partial charge in [0.15, 0.2) is 0 Å². The summed E-state index contributed by atoms with van der Waals surface area (Å²) in [6, 6.07) is 13.0. The number of nitrogens with zero attached hydrogens (tertiary/aromatic N) is 3. The zero-order valence-electron chi connectivity index (χ0n) is 10.8. The number of hydrogen-bond donors (Lipinski definition) is 1. The van der Waals surface area contributed by atoms with Crippen molar-refractivity contribution in [2.75, 3.05) is 41.7 Å². The number of aromatic nitrogens is 1. The van der Waals surface area contributed by atoms with Crippen molar-refractivity contribution in [2.45, 2.75) is 0 Å². The molecule has 0 aliphatic carbocycles. The lowest BCUT2D eigenvalue weighted by Crippen LogP contribution is -2.46. The molecule has 19 heavy (non-hydrogen) atoms. The van der Waals surface area contributed by atoms with Crippen molar-refractivity contribution in [3.05, 3.63) is 48.8 Å². The molecule has 0 saturated carbocycles. The Hall–Kier alpha value is -2.23. The molecular formula is C15H17N4. The number of benzene rings is 1. The van der Waals surface area contributed by atoms with E-state index < -0.39 is 0 Å². The normalized spacial score (nSPS) is 15.6. The van der Waals surface area contributed by atoms with E-state index in [0.29, 0.717) is 0 Å². The van der Waals surface area contributed by atoms with Gasteiger partial charge >= 0.3 is 0 Å². The number of nitrogens with two attached hydrogens (primary N) is 1. The maximum Gasteiger partial charge on any atom is 0.0787 e. The highest BCUT2D eigenvalue weighted by Crippen LogP contribution is 2.24. The van der Waals surface area contributed by atoms with E-state index in [1.165, 1.54) is 5.69 Å². The molecule has 2 heterocycles. The van der Waals surface area contributed by atoms with E-state index in [4.69, 9.17) is 5.73 Å². The molecule has 0 atom stereocenters. The van der Waals surface area contributed by atoms with Crippen LogP contribution in [0.15, 0.2) is 42.7 Å². The molecule has 3 rings (SSSR count). The van der Waals surface area contributed by atoms with E-state index in [1.807, 2.05) is 24.4 Å². The highest BCUT2D eigenvalue weighted by atomic mass is 15.3. The van der Waals surface area contributed by atoms with Crippen molar-refractivity contribution in [2.24, 2.45) is 0 Å². The van der Waals surface area contributed by atoms with E-state index in [1.54, 1.807) is 6.20 Å². The second-order valence-corrected chi connectivity index (χ2v) is 4.67. The summed E-state index contributed by atoms with van der Waals surface area (Å²) in [7, 11) is 0. The summed E-state index contributed by atoms with van der Waals surface area (Å²) in [6.45, 7) is 3.93. The molecule has 97 valence electrons. The summed E-state index contributed by atoms with van der Waals surface area (Å²) in [6.07, 6.45) is 3.58. The van der Waals surface area contributed by atoms with Gasteiger partial charge in [-0.25, -0.2) is 0 Å². The third kappa shape index (κ3) is 2.47. The van der Waals surface area contributed by atoms with Gasteiger partial charge in [0.25, 0.3) is 0 Å². The third-order valence-electron chi connectivity index (χ3n) is 3.52. The molecule has 1 saturated heterocycles. The lowest BCUT2D eigenvalue weighted by molar-refractivity contribution is 0.653. The van der Waals surface area contributed by atoms with Crippen molar-refractivity contribution >= 4 is 17.1 Å². The monoisotopic (exact) mass is 253 g/mol. The first kappa shape index (κ1) is 11.8. The summed E-state index contributed by atoms with van der Waals surface area (Å²) in [5.41, 5.74) is 9.11. The van der Waals surface area contributed by atoms with Crippen LogP contribution in [0.25, 0.3) is 0 Å². The van der Waals surface area contributed by atoms with Crippen LogP contribution >= 0.6 is 0 Å². The quantitative estimate of drug-likeness (QED) is 0.886. The Labute approximate surface area is 113 Å². The second kappa shape index (κ2) is 5.18. The maximum atomic E-state index is 6.00. The Morgan fingerprint density at radius 1 is 1.00 bits per heavy atom. The molecule has 0 spiro atoms. The molecule has 1 aromatic heterocycles. The fourth-order valence-corrected chi connectivity index (χ4v) is 2.46. The van der Waals surface area contributed by atoms with Gasteiger partial charge in [-0.15, -0.1) is 0 Å². The average molecular weight is 253 g/mol. The van der Waals surface area contributed by atoms with Crippen molar-refractivity contribution in [3.63, 3.8) is 0 Å². The van der Waals surface area contributed by atoms with Crippen LogP contribution in [-0.4, -0.2) is 31.2 Å². The first-order valence-electron chi connectivity index (χ1n) is 6.50. The second-order valence-electron chi connectivity index (χ2n) is 4.67. The molecule has 1 radical (unpaired) electrons. The third-order valence-corrected chi connectivity index (χ3v) is 3.52.